The first-order valence-corrected chi connectivity index (χ1v) is 8.14. The van der Waals surface area contributed by atoms with Gasteiger partial charge in [0.15, 0.2) is 0 Å². The van der Waals surface area contributed by atoms with Crippen molar-refractivity contribution in [1.82, 2.24) is 5.32 Å². The molecule has 0 bridgehead atoms. The van der Waals surface area contributed by atoms with Crippen LogP contribution < -0.4 is 10.6 Å². The van der Waals surface area contributed by atoms with Crippen molar-refractivity contribution in [3.8, 4) is 0 Å². The summed E-state index contributed by atoms with van der Waals surface area (Å²) in [5.74, 6) is -2.29. The first kappa shape index (κ1) is 20.6. The molecule has 0 fully saturated rings. The Bertz CT molecular complexity index is 656. The number of carbonyl (C=O) groups is 3. The van der Waals surface area contributed by atoms with Crippen LogP contribution in [0, 0.1) is 11.7 Å². The molecule has 0 aliphatic rings. The Balaban J connectivity index is 2.76. The number of benzene rings is 1. The molecule has 0 saturated carbocycles. The van der Waals surface area contributed by atoms with Gasteiger partial charge in [0.25, 0.3) is 5.91 Å². The van der Waals surface area contributed by atoms with Gasteiger partial charge in [-0.05, 0) is 44.4 Å². The Labute approximate surface area is 146 Å². The predicted molar refractivity (Wildman–Crippen MR) is 92.9 cm³/mol. The Morgan fingerprint density at radius 3 is 2.40 bits per heavy atom. The second kappa shape index (κ2) is 8.60. The molecule has 1 aromatic carbocycles. The van der Waals surface area contributed by atoms with E-state index in [0.29, 0.717) is 0 Å². The van der Waals surface area contributed by atoms with Crippen molar-refractivity contribution in [2.24, 2.45) is 5.92 Å². The number of amides is 2. The van der Waals surface area contributed by atoms with Crippen LogP contribution in [-0.4, -0.2) is 28.4 Å². The molecule has 138 valence electrons. The molecule has 0 aliphatic heterocycles. The minimum absolute atomic E-state index is 0.0207. The molecule has 1 rings (SSSR count). The molecule has 0 aliphatic carbocycles. The number of rotatable bonds is 8. The fraction of sp³-hybridized carbons (Fsp3) is 0.500. The van der Waals surface area contributed by atoms with Gasteiger partial charge in [0.1, 0.15) is 5.82 Å². The molecule has 2 amide bonds. The van der Waals surface area contributed by atoms with E-state index < -0.39 is 23.2 Å². The van der Waals surface area contributed by atoms with Crippen LogP contribution in [0.4, 0.5) is 10.1 Å². The lowest BCUT2D eigenvalue weighted by Gasteiger charge is -2.25. The third kappa shape index (κ3) is 7.32. The quantitative estimate of drug-likeness (QED) is 0.669. The smallest absolute Gasteiger partial charge is 0.303 e. The number of hydrogen-bond donors (Lipinski definition) is 3. The maximum Gasteiger partial charge on any atom is 0.303 e. The molecule has 25 heavy (non-hydrogen) atoms. The van der Waals surface area contributed by atoms with Gasteiger partial charge in [-0.15, -0.1) is 0 Å². The summed E-state index contributed by atoms with van der Waals surface area (Å²) in [6, 6.07) is 3.80. The zero-order valence-corrected chi connectivity index (χ0v) is 15.0. The molecule has 6 nitrogen and oxygen atoms in total. The van der Waals surface area contributed by atoms with Gasteiger partial charge in [0.05, 0.1) is 5.69 Å². The number of halogens is 1. The minimum atomic E-state index is -0.949. The average molecular weight is 352 g/mol. The van der Waals surface area contributed by atoms with Gasteiger partial charge in [-0.2, -0.15) is 0 Å². The first-order valence-electron chi connectivity index (χ1n) is 8.14. The van der Waals surface area contributed by atoms with E-state index in [1.165, 1.54) is 12.1 Å². The Kier molecular flexibility index (Phi) is 7.09. The second-order valence-electron chi connectivity index (χ2n) is 7.07. The van der Waals surface area contributed by atoms with Crippen LogP contribution in [0.15, 0.2) is 18.2 Å². The molecule has 0 heterocycles. The summed E-state index contributed by atoms with van der Waals surface area (Å²) in [4.78, 5) is 34.6. The molecular formula is C18H25FN2O4. The van der Waals surface area contributed by atoms with Crippen molar-refractivity contribution in [1.29, 1.82) is 0 Å². The molecular weight excluding hydrogens is 327 g/mol. The highest BCUT2D eigenvalue weighted by molar-refractivity contribution is 5.96. The van der Waals surface area contributed by atoms with Crippen LogP contribution in [0.2, 0.25) is 0 Å². The van der Waals surface area contributed by atoms with Crippen LogP contribution in [0.3, 0.4) is 0 Å². The van der Waals surface area contributed by atoms with Crippen molar-refractivity contribution in [3.63, 3.8) is 0 Å². The van der Waals surface area contributed by atoms with Crippen molar-refractivity contribution in [3.05, 3.63) is 29.6 Å². The molecule has 0 atom stereocenters. The van der Waals surface area contributed by atoms with E-state index in [-0.39, 0.29) is 42.3 Å². The van der Waals surface area contributed by atoms with Crippen LogP contribution in [0.25, 0.3) is 0 Å². The number of carboxylic acid groups (broad SMARTS) is 1. The molecule has 1 aromatic rings. The van der Waals surface area contributed by atoms with Crippen LogP contribution in [-0.2, 0) is 9.59 Å². The Morgan fingerprint density at radius 2 is 1.88 bits per heavy atom. The van der Waals surface area contributed by atoms with Gasteiger partial charge in [-0.25, -0.2) is 4.39 Å². The van der Waals surface area contributed by atoms with E-state index in [2.05, 4.69) is 10.6 Å². The monoisotopic (exact) mass is 352 g/mol. The number of anilines is 1. The third-order valence-corrected chi connectivity index (χ3v) is 3.51. The summed E-state index contributed by atoms with van der Waals surface area (Å²) >= 11 is 0. The zero-order valence-electron chi connectivity index (χ0n) is 15.0. The Hall–Kier alpha value is -2.44. The fourth-order valence-corrected chi connectivity index (χ4v) is 2.19. The minimum Gasteiger partial charge on any atom is -0.481 e. The van der Waals surface area contributed by atoms with Gasteiger partial charge in [0.2, 0.25) is 5.91 Å². The lowest BCUT2D eigenvalue weighted by Crippen LogP contribution is -2.43. The maximum absolute atomic E-state index is 14.1. The van der Waals surface area contributed by atoms with Crippen LogP contribution in [0.5, 0.6) is 0 Å². The SMILES string of the molecule is CC(C)CC(=O)Nc1ccc(C(=O)NC(C)(C)CCC(=O)O)cc1F. The molecule has 0 spiro atoms. The standard InChI is InChI=1S/C18H25FN2O4/c1-11(2)9-15(22)20-14-6-5-12(10-13(14)19)17(25)21-18(3,4)8-7-16(23)24/h5-6,10-11H,7-9H2,1-4H3,(H,20,22)(H,21,25)(H,23,24). The number of carbonyl (C=O) groups excluding carboxylic acids is 2. The summed E-state index contributed by atoms with van der Waals surface area (Å²) in [5, 5.41) is 13.9. The lowest BCUT2D eigenvalue weighted by atomic mass is 9.97. The topological polar surface area (TPSA) is 95.5 Å². The largest absolute Gasteiger partial charge is 0.481 e. The summed E-state index contributed by atoms with van der Waals surface area (Å²) < 4.78 is 14.1. The van der Waals surface area contributed by atoms with E-state index in [0.717, 1.165) is 6.07 Å². The zero-order chi connectivity index (χ0) is 19.2. The number of hydrogen-bond acceptors (Lipinski definition) is 3. The summed E-state index contributed by atoms with van der Waals surface area (Å²) in [7, 11) is 0. The summed E-state index contributed by atoms with van der Waals surface area (Å²) in [6.07, 6.45) is 0.446. The van der Waals surface area contributed by atoms with Crippen LogP contribution in [0.1, 0.15) is 57.3 Å². The van der Waals surface area contributed by atoms with Crippen molar-refractivity contribution >= 4 is 23.5 Å². The maximum atomic E-state index is 14.1. The molecule has 7 heteroatoms. The van der Waals surface area contributed by atoms with E-state index in [1.54, 1.807) is 13.8 Å². The van der Waals surface area contributed by atoms with Crippen molar-refractivity contribution in [2.75, 3.05) is 5.32 Å². The van der Waals surface area contributed by atoms with Gasteiger partial charge in [-0.3, -0.25) is 14.4 Å². The normalized spacial score (nSPS) is 11.3. The van der Waals surface area contributed by atoms with Gasteiger partial charge >= 0.3 is 5.97 Å². The molecule has 3 N–H and O–H groups in total. The first-order chi connectivity index (χ1) is 11.5. The second-order valence-corrected chi connectivity index (χ2v) is 7.07. The van der Waals surface area contributed by atoms with Gasteiger partial charge in [0, 0.05) is 23.9 Å². The molecule has 0 radical (unpaired) electrons. The lowest BCUT2D eigenvalue weighted by molar-refractivity contribution is -0.137. The van der Waals surface area contributed by atoms with E-state index in [4.69, 9.17) is 5.11 Å². The summed E-state index contributed by atoms with van der Waals surface area (Å²) in [5.41, 5.74) is -0.620. The molecule has 0 unspecified atom stereocenters. The van der Waals surface area contributed by atoms with E-state index >= 15 is 0 Å². The number of nitrogens with one attached hydrogen (secondary N) is 2. The highest BCUT2D eigenvalue weighted by Gasteiger charge is 2.23. The van der Waals surface area contributed by atoms with Gasteiger partial charge in [-0.1, -0.05) is 13.8 Å². The number of aliphatic carboxylic acids is 1. The third-order valence-electron chi connectivity index (χ3n) is 3.51. The highest BCUT2D eigenvalue weighted by Crippen LogP contribution is 2.18. The average Bonchev–Trinajstić information content (AvgIpc) is 2.46. The van der Waals surface area contributed by atoms with Crippen molar-refractivity contribution < 1.29 is 23.9 Å². The predicted octanol–water partition coefficient (Wildman–Crippen LogP) is 3.18. The van der Waals surface area contributed by atoms with E-state index in [9.17, 15) is 18.8 Å². The van der Waals surface area contributed by atoms with Crippen LogP contribution >= 0.6 is 0 Å². The van der Waals surface area contributed by atoms with Crippen molar-refractivity contribution in [2.45, 2.75) is 52.5 Å². The fourth-order valence-electron chi connectivity index (χ4n) is 2.19. The Morgan fingerprint density at radius 1 is 1.24 bits per heavy atom. The molecule has 0 aromatic heterocycles. The highest BCUT2D eigenvalue weighted by atomic mass is 19.1. The number of carboxylic acids is 1. The van der Waals surface area contributed by atoms with E-state index in [1.807, 2.05) is 13.8 Å². The molecule has 0 saturated heterocycles. The summed E-state index contributed by atoms with van der Waals surface area (Å²) in [6.45, 7) is 7.17. The van der Waals surface area contributed by atoms with Gasteiger partial charge < -0.3 is 15.7 Å².